The molecule has 1 spiro atoms. The fourth-order valence-corrected chi connectivity index (χ4v) is 3.52. The Balaban J connectivity index is 1.67. The summed E-state index contributed by atoms with van der Waals surface area (Å²) in [6.07, 6.45) is 10.4. The first kappa shape index (κ1) is 12.9. The van der Waals surface area contributed by atoms with Crippen molar-refractivity contribution in [2.24, 2.45) is 5.41 Å². The molecule has 0 aromatic carbocycles. The molecule has 17 heavy (non-hydrogen) atoms. The van der Waals surface area contributed by atoms with Crippen molar-refractivity contribution in [2.45, 2.75) is 64.3 Å². The Morgan fingerprint density at radius 3 is 2.59 bits per heavy atom. The minimum Gasteiger partial charge on any atom is -0.356 e. The molecule has 0 aromatic heterocycles. The molecule has 1 amide bonds. The van der Waals surface area contributed by atoms with Crippen LogP contribution in [-0.2, 0) is 4.79 Å². The molecule has 3 nitrogen and oxygen atoms in total. The Morgan fingerprint density at radius 1 is 1.24 bits per heavy atom. The standard InChI is InChI=1S/C14H26N2O/c1-2-15-13(17)7-11-16-12-6-10-14(12)8-4-3-5-9-14/h12,16H,2-11H2,1H3,(H,15,17). The van der Waals surface area contributed by atoms with Crippen molar-refractivity contribution in [3.63, 3.8) is 0 Å². The molecule has 98 valence electrons. The number of carbonyl (C=O) groups excluding carboxylic acids is 1. The maximum atomic E-state index is 11.3. The summed E-state index contributed by atoms with van der Waals surface area (Å²) >= 11 is 0. The third kappa shape index (κ3) is 3.01. The molecule has 0 radical (unpaired) electrons. The number of carbonyl (C=O) groups is 1. The van der Waals surface area contributed by atoms with E-state index >= 15 is 0 Å². The quantitative estimate of drug-likeness (QED) is 0.771. The maximum Gasteiger partial charge on any atom is 0.221 e. The Hall–Kier alpha value is -0.570. The molecule has 2 fully saturated rings. The van der Waals surface area contributed by atoms with Crippen molar-refractivity contribution in [3.05, 3.63) is 0 Å². The van der Waals surface area contributed by atoms with Gasteiger partial charge >= 0.3 is 0 Å². The Labute approximate surface area is 105 Å². The van der Waals surface area contributed by atoms with E-state index in [1.165, 1.54) is 44.9 Å². The fourth-order valence-electron chi connectivity index (χ4n) is 3.52. The van der Waals surface area contributed by atoms with Gasteiger partial charge in [-0.15, -0.1) is 0 Å². The van der Waals surface area contributed by atoms with E-state index in [2.05, 4.69) is 10.6 Å². The van der Waals surface area contributed by atoms with Crippen LogP contribution in [0.5, 0.6) is 0 Å². The number of hydrogen-bond donors (Lipinski definition) is 2. The molecular weight excluding hydrogens is 212 g/mol. The smallest absolute Gasteiger partial charge is 0.221 e. The summed E-state index contributed by atoms with van der Waals surface area (Å²) in [5.41, 5.74) is 0.611. The zero-order valence-electron chi connectivity index (χ0n) is 11.1. The van der Waals surface area contributed by atoms with Crippen molar-refractivity contribution in [3.8, 4) is 0 Å². The highest BCUT2D eigenvalue weighted by molar-refractivity contribution is 5.75. The van der Waals surface area contributed by atoms with Crippen molar-refractivity contribution < 1.29 is 4.79 Å². The molecule has 2 N–H and O–H groups in total. The maximum absolute atomic E-state index is 11.3. The average molecular weight is 238 g/mol. The summed E-state index contributed by atoms with van der Waals surface area (Å²) in [7, 11) is 0. The van der Waals surface area contributed by atoms with Crippen LogP contribution in [0.15, 0.2) is 0 Å². The summed E-state index contributed by atoms with van der Waals surface area (Å²) < 4.78 is 0. The van der Waals surface area contributed by atoms with Crippen LogP contribution in [0.1, 0.15) is 58.3 Å². The Kier molecular flexibility index (Phi) is 4.43. The summed E-state index contributed by atoms with van der Waals surface area (Å²) in [5.74, 6) is 0.178. The number of amides is 1. The van der Waals surface area contributed by atoms with Crippen molar-refractivity contribution in [1.29, 1.82) is 0 Å². The van der Waals surface area contributed by atoms with E-state index in [1.54, 1.807) is 0 Å². The van der Waals surface area contributed by atoms with E-state index in [0.717, 1.165) is 13.1 Å². The molecule has 2 aliphatic carbocycles. The van der Waals surface area contributed by atoms with Gasteiger partial charge in [0.2, 0.25) is 5.91 Å². The van der Waals surface area contributed by atoms with Gasteiger partial charge in [-0.05, 0) is 38.0 Å². The van der Waals surface area contributed by atoms with Crippen molar-refractivity contribution in [1.82, 2.24) is 10.6 Å². The number of nitrogens with one attached hydrogen (secondary N) is 2. The van der Waals surface area contributed by atoms with Crippen LogP contribution in [0.4, 0.5) is 0 Å². The third-order valence-corrected chi connectivity index (χ3v) is 4.64. The largest absolute Gasteiger partial charge is 0.356 e. The van der Waals surface area contributed by atoms with E-state index in [1.807, 2.05) is 6.92 Å². The number of rotatable bonds is 5. The molecule has 1 atom stereocenters. The lowest BCUT2D eigenvalue weighted by Gasteiger charge is -2.52. The summed E-state index contributed by atoms with van der Waals surface area (Å²) in [6.45, 7) is 3.55. The van der Waals surface area contributed by atoms with E-state index < -0.39 is 0 Å². The molecule has 2 rings (SSSR count). The van der Waals surface area contributed by atoms with Gasteiger partial charge < -0.3 is 10.6 Å². The predicted octanol–water partition coefficient (Wildman–Crippen LogP) is 2.22. The van der Waals surface area contributed by atoms with Gasteiger partial charge in [0.15, 0.2) is 0 Å². The third-order valence-electron chi connectivity index (χ3n) is 4.64. The Morgan fingerprint density at radius 2 is 2.00 bits per heavy atom. The van der Waals surface area contributed by atoms with E-state index in [-0.39, 0.29) is 5.91 Å². The van der Waals surface area contributed by atoms with Gasteiger partial charge in [0, 0.05) is 25.6 Å². The molecule has 2 aliphatic rings. The lowest BCUT2D eigenvalue weighted by molar-refractivity contribution is -0.121. The molecule has 0 bridgehead atoms. The topological polar surface area (TPSA) is 41.1 Å². The lowest BCUT2D eigenvalue weighted by atomic mass is 9.57. The van der Waals surface area contributed by atoms with Gasteiger partial charge in [-0.1, -0.05) is 19.3 Å². The van der Waals surface area contributed by atoms with Crippen LogP contribution in [-0.4, -0.2) is 25.0 Å². The molecular formula is C14H26N2O. The van der Waals surface area contributed by atoms with Crippen LogP contribution in [0.25, 0.3) is 0 Å². The van der Waals surface area contributed by atoms with Gasteiger partial charge in [-0.3, -0.25) is 4.79 Å². The lowest BCUT2D eigenvalue weighted by Crippen LogP contribution is -2.54. The summed E-state index contributed by atoms with van der Waals surface area (Å²) in [6, 6.07) is 0.692. The van der Waals surface area contributed by atoms with Crippen LogP contribution in [0.2, 0.25) is 0 Å². The van der Waals surface area contributed by atoms with Crippen molar-refractivity contribution in [2.75, 3.05) is 13.1 Å². The number of hydrogen-bond acceptors (Lipinski definition) is 2. The second-order valence-electron chi connectivity index (χ2n) is 5.67. The fraction of sp³-hybridized carbons (Fsp3) is 0.929. The second kappa shape index (κ2) is 5.85. The highest BCUT2D eigenvalue weighted by atomic mass is 16.1. The van der Waals surface area contributed by atoms with Gasteiger partial charge in [0.1, 0.15) is 0 Å². The van der Waals surface area contributed by atoms with Crippen molar-refractivity contribution >= 4 is 5.91 Å². The molecule has 3 heteroatoms. The SMILES string of the molecule is CCNC(=O)CCNC1CCC12CCCCC2. The molecule has 0 aromatic rings. The Bertz CT molecular complexity index is 259. The second-order valence-corrected chi connectivity index (χ2v) is 5.67. The van der Waals surface area contributed by atoms with Gasteiger partial charge in [-0.25, -0.2) is 0 Å². The van der Waals surface area contributed by atoms with Crippen LogP contribution in [0.3, 0.4) is 0 Å². The highest BCUT2D eigenvalue weighted by Crippen LogP contribution is 2.51. The summed E-state index contributed by atoms with van der Waals surface area (Å²) in [5, 5.41) is 6.46. The monoisotopic (exact) mass is 238 g/mol. The minimum atomic E-state index is 0.178. The van der Waals surface area contributed by atoms with E-state index in [9.17, 15) is 4.79 Å². The first-order valence-electron chi connectivity index (χ1n) is 7.27. The van der Waals surface area contributed by atoms with Crippen LogP contribution in [0, 0.1) is 5.41 Å². The zero-order valence-corrected chi connectivity index (χ0v) is 11.1. The molecule has 0 heterocycles. The van der Waals surface area contributed by atoms with Gasteiger partial charge in [-0.2, -0.15) is 0 Å². The molecule has 2 saturated carbocycles. The summed E-state index contributed by atoms with van der Waals surface area (Å²) in [4.78, 5) is 11.3. The zero-order chi connectivity index (χ0) is 12.1. The predicted molar refractivity (Wildman–Crippen MR) is 69.8 cm³/mol. The van der Waals surface area contributed by atoms with Crippen LogP contribution < -0.4 is 10.6 Å². The van der Waals surface area contributed by atoms with Gasteiger partial charge in [0.05, 0.1) is 0 Å². The average Bonchev–Trinajstić information content (AvgIpc) is 2.35. The van der Waals surface area contributed by atoms with E-state index in [0.29, 0.717) is 17.9 Å². The van der Waals surface area contributed by atoms with E-state index in [4.69, 9.17) is 0 Å². The minimum absolute atomic E-state index is 0.178. The molecule has 0 saturated heterocycles. The first-order chi connectivity index (χ1) is 8.27. The van der Waals surface area contributed by atoms with Crippen LogP contribution >= 0.6 is 0 Å². The van der Waals surface area contributed by atoms with Gasteiger partial charge in [0.25, 0.3) is 0 Å². The molecule has 1 unspecified atom stereocenters. The first-order valence-corrected chi connectivity index (χ1v) is 7.27. The molecule has 0 aliphatic heterocycles. The normalized spacial score (nSPS) is 26.5. The highest BCUT2D eigenvalue weighted by Gasteiger charge is 2.46.